The lowest BCUT2D eigenvalue weighted by Crippen LogP contribution is -2.49. The van der Waals surface area contributed by atoms with E-state index in [1.165, 1.54) is 19.2 Å². The predicted octanol–water partition coefficient (Wildman–Crippen LogP) is 5.03. The van der Waals surface area contributed by atoms with E-state index in [1.54, 1.807) is 12.1 Å². The third kappa shape index (κ3) is 6.46. The van der Waals surface area contributed by atoms with Gasteiger partial charge in [0.2, 0.25) is 0 Å². The molecule has 0 radical (unpaired) electrons. The van der Waals surface area contributed by atoms with Gasteiger partial charge in [0.25, 0.3) is 0 Å². The second-order valence-corrected chi connectivity index (χ2v) is 10.7. The van der Waals surface area contributed by atoms with Gasteiger partial charge in [-0.15, -0.1) is 0 Å². The lowest BCUT2D eigenvalue weighted by atomic mass is 9.82. The number of esters is 1. The van der Waals surface area contributed by atoms with Gasteiger partial charge in [0.15, 0.2) is 0 Å². The van der Waals surface area contributed by atoms with Crippen LogP contribution in [0.5, 0.6) is 0 Å². The van der Waals surface area contributed by atoms with Crippen molar-refractivity contribution in [2.75, 3.05) is 7.11 Å². The van der Waals surface area contributed by atoms with Gasteiger partial charge in [0, 0.05) is 4.47 Å². The summed E-state index contributed by atoms with van der Waals surface area (Å²) in [5, 5.41) is 0. The Morgan fingerprint density at radius 1 is 1.17 bits per heavy atom. The molecule has 0 bridgehead atoms. The Hall–Kier alpha value is -1.57. The van der Waals surface area contributed by atoms with Crippen LogP contribution in [0.3, 0.4) is 0 Å². The van der Waals surface area contributed by atoms with E-state index in [1.807, 2.05) is 45.0 Å². The number of hydrogen-bond acceptors (Lipinski definition) is 3. The van der Waals surface area contributed by atoms with Crippen LogP contribution in [0, 0.1) is 5.82 Å². The molecule has 2 rings (SSSR count). The Labute approximate surface area is 183 Å². The second kappa shape index (κ2) is 9.96. The second-order valence-electron chi connectivity index (χ2n) is 7.92. The number of rotatable bonds is 8. The quantitative estimate of drug-likeness (QED) is 0.535. The van der Waals surface area contributed by atoms with Gasteiger partial charge in [-0.25, -0.2) is 13.3 Å². The molecular weight excluding hydrogens is 457 g/mol. The lowest BCUT2D eigenvalue weighted by molar-refractivity contribution is -0.142. The minimum atomic E-state index is -1.49. The number of aryl methyl sites for hydroxylation is 1. The maximum absolute atomic E-state index is 14.1. The number of halogens is 2. The van der Waals surface area contributed by atoms with Crippen LogP contribution in [0.1, 0.15) is 44.7 Å². The first-order valence-corrected chi connectivity index (χ1v) is 11.3. The van der Waals surface area contributed by atoms with Crippen LogP contribution < -0.4 is 4.72 Å². The minimum Gasteiger partial charge on any atom is -0.469 e. The summed E-state index contributed by atoms with van der Waals surface area (Å²) in [6, 6.07) is 13.9. The van der Waals surface area contributed by atoms with Crippen LogP contribution in [0.25, 0.3) is 0 Å². The molecule has 7 heteroatoms. The summed E-state index contributed by atoms with van der Waals surface area (Å²) in [5.41, 5.74) is 0.553. The molecule has 158 valence electrons. The number of benzene rings is 2. The van der Waals surface area contributed by atoms with E-state index in [0.29, 0.717) is 18.4 Å². The number of nitrogens with one attached hydrogen (secondary N) is 1. The van der Waals surface area contributed by atoms with Crippen molar-refractivity contribution >= 4 is 32.9 Å². The van der Waals surface area contributed by atoms with E-state index in [4.69, 9.17) is 4.74 Å². The van der Waals surface area contributed by atoms with Gasteiger partial charge in [-0.1, -0.05) is 46.3 Å². The molecule has 2 aromatic rings. The van der Waals surface area contributed by atoms with Crippen LogP contribution in [-0.2, 0) is 32.5 Å². The van der Waals surface area contributed by atoms with E-state index in [0.717, 1.165) is 10.0 Å². The zero-order chi connectivity index (χ0) is 21.7. The van der Waals surface area contributed by atoms with Gasteiger partial charge >= 0.3 is 5.97 Å². The highest BCUT2D eigenvalue weighted by atomic mass is 79.9. The SMILES string of the molecule is COC(=O)CC(CCc1ccccc1Br)(NS(=O)C(C)(C)C)c1cccc(F)c1. The van der Waals surface area contributed by atoms with Gasteiger partial charge in [-0.3, -0.25) is 4.79 Å². The number of methoxy groups -OCH3 is 1. The molecular formula is C22H27BrFNO3S. The lowest BCUT2D eigenvalue weighted by Gasteiger charge is -2.36. The summed E-state index contributed by atoms with van der Waals surface area (Å²) in [6.45, 7) is 5.54. The van der Waals surface area contributed by atoms with E-state index in [-0.39, 0.29) is 6.42 Å². The Kier molecular flexibility index (Phi) is 8.14. The van der Waals surface area contributed by atoms with Crippen molar-refractivity contribution in [3.63, 3.8) is 0 Å². The van der Waals surface area contributed by atoms with Crippen LogP contribution in [0.15, 0.2) is 53.0 Å². The van der Waals surface area contributed by atoms with Gasteiger partial charge in [0.05, 0.1) is 34.8 Å². The van der Waals surface area contributed by atoms with Crippen molar-refractivity contribution in [3.8, 4) is 0 Å². The molecule has 2 atom stereocenters. The maximum Gasteiger partial charge on any atom is 0.307 e. The first kappa shape index (κ1) is 23.7. The number of ether oxygens (including phenoxy) is 1. The number of hydrogen-bond donors (Lipinski definition) is 1. The fourth-order valence-corrected chi connectivity index (χ4v) is 4.40. The fourth-order valence-electron chi connectivity index (χ4n) is 2.97. The van der Waals surface area contributed by atoms with E-state index in [2.05, 4.69) is 20.7 Å². The van der Waals surface area contributed by atoms with Crippen molar-refractivity contribution in [2.24, 2.45) is 0 Å². The van der Waals surface area contributed by atoms with Crippen molar-refractivity contribution < 1.29 is 18.1 Å². The Balaban J connectivity index is 2.52. The molecule has 0 spiro atoms. The molecule has 0 fully saturated rings. The van der Waals surface area contributed by atoms with E-state index < -0.39 is 33.1 Å². The van der Waals surface area contributed by atoms with Crippen LogP contribution in [0.4, 0.5) is 4.39 Å². The summed E-state index contributed by atoms with van der Waals surface area (Å²) in [7, 11) is -0.175. The standard InChI is InChI=1S/C22H27BrFNO3S/c1-21(2,3)29(27)25-22(15-20(26)28-4,17-9-7-10-18(24)14-17)13-12-16-8-5-6-11-19(16)23/h5-11,14,25H,12-13,15H2,1-4H3. The summed E-state index contributed by atoms with van der Waals surface area (Å²) in [5.74, 6) is -0.874. The van der Waals surface area contributed by atoms with Crippen LogP contribution in [0.2, 0.25) is 0 Å². The average molecular weight is 484 g/mol. The third-order valence-corrected chi connectivity index (χ3v) is 7.14. The molecule has 0 aliphatic rings. The third-order valence-electron chi connectivity index (χ3n) is 4.67. The number of carbonyl (C=O) groups is 1. The van der Waals surface area contributed by atoms with Crippen molar-refractivity contribution in [1.82, 2.24) is 4.72 Å². The molecule has 0 heterocycles. The van der Waals surface area contributed by atoms with Gasteiger partial charge in [-0.05, 0) is 62.9 Å². The van der Waals surface area contributed by atoms with E-state index >= 15 is 0 Å². The van der Waals surface area contributed by atoms with Gasteiger partial charge in [0.1, 0.15) is 5.82 Å². The normalized spacial score (nSPS) is 14.8. The zero-order valence-corrected chi connectivity index (χ0v) is 19.5. The summed E-state index contributed by atoms with van der Waals surface area (Å²) >= 11 is 3.55. The maximum atomic E-state index is 14.1. The van der Waals surface area contributed by atoms with Crippen molar-refractivity contribution in [3.05, 3.63) is 69.9 Å². The Morgan fingerprint density at radius 2 is 1.86 bits per heavy atom. The molecule has 0 saturated heterocycles. The molecule has 2 aromatic carbocycles. The molecule has 0 saturated carbocycles. The molecule has 29 heavy (non-hydrogen) atoms. The molecule has 4 nitrogen and oxygen atoms in total. The van der Waals surface area contributed by atoms with Crippen LogP contribution >= 0.6 is 15.9 Å². The van der Waals surface area contributed by atoms with Gasteiger partial charge < -0.3 is 4.74 Å². The smallest absolute Gasteiger partial charge is 0.307 e. The molecule has 0 amide bonds. The summed E-state index contributed by atoms with van der Waals surface area (Å²) < 4.78 is 35.6. The largest absolute Gasteiger partial charge is 0.469 e. The molecule has 0 aliphatic heterocycles. The first-order valence-electron chi connectivity index (χ1n) is 9.33. The van der Waals surface area contributed by atoms with Crippen molar-refractivity contribution in [1.29, 1.82) is 0 Å². The highest BCUT2D eigenvalue weighted by molar-refractivity contribution is 9.10. The molecule has 1 N–H and O–H groups in total. The average Bonchev–Trinajstić information content (AvgIpc) is 2.66. The topological polar surface area (TPSA) is 55.4 Å². The molecule has 2 unspecified atom stereocenters. The molecule has 0 aromatic heterocycles. The van der Waals surface area contributed by atoms with E-state index in [9.17, 15) is 13.4 Å². The monoisotopic (exact) mass is 483 g/mol. The van der Waals surface area contributed by atoms with Crippen LogP contribution in [-0.4, -0.2) is 22.0 Å². The summed E-state index contributed by atoms with van der Waals surface area (Å²) in [4.78, 5) is 12.3. The van der Waals surface area contributed by atoms with Gasteiger partial charge in [-0.2, -0.15) is 0 Å². The minimum absolute atomic E-state index is 0.0702. The van der Waals surface area contributed by atoms with Crippen molar-refractivity contribution in [2.45, 2.75) is 50.3 Å². The molecule has 0 aliphatic carbocycles. The highest BCUT2D eigenvalue weighted by Gasteiger charge is 2.39. The first-order chi connectivity index (χ1) is 13.6. The zero-order valence-electron chi connectivity index (χ0n) is 17.1. The Morgan fingerprint density at radius 3 is 2.45 bits per heavy atom. The highest BCUT2D eigenvalue weighted by Crippen LogP contribution is 2.34. The Bertz CT molecular complexity index is 884. The summed E-state index contributed by atoms with van der Waals surface area (Å²) in [6.07, 6.45) is 0.943. The predicted molar refractivity (Wildman–Crippen MR) is 118 cm³/mol. The fraction of sp³-hybridized carbons (Fsp3) is 0.409. The number of carbonyl (C=O) groups excluding carboxylic acids is 1.